The van der Waals surface area contributed by atoms with E-state index in [1.54, 1.807) is 12.1 Å². The van der Waals surface area contributed by atoms with Crippen molar-refractivity contribution in [3.05, 3.63) is 36.0 Å². The smallest absolute Gasteiger partial charge is 0.322 e. The van der Waals surface area contributed by atoms with Crippen LogP contribution in [0.2, 0.25) is 0 Å². The Hall–Kier alpha value is -2.63. The highest BCUT2D eigenvalue weighted by atomic mass is 16.5. The number of fused-ring (bicyclic) bond motifs is 1. The number of nitrogens with one attached hydrogen (secondary N) is 1. The van der Waals surface area contributed by atoms with Gasteiger partial charge in [-0.25, -0.2) is 4.98 Å². The summed E-state index contributed by atoms with van der Waals surface area (Å²) in [5, 5.41) is 11.6. The summed E-state index contributed by atoms with van der Waals surface area (Å²) in [6.07, 6.45) is 0. The van der Waals surface area contributed by atoms with E-state index < -0.39 is 18.4 Å². The van der Waals surface area contributed by atoms with Gasteiger partial charge in [0.25, 0.3) is 5.91 Å². The van der Waals surface area contributed by atoms with Gasteiger partial charge >= 0.3 is 5.97 Å². The van der Waals surface area contributed by atoms with Gasteiger partial charge in [-0.1, -0.05) is 12.1 Å². The van der Waals surface area contributed by atoms with Gasteiger partial charge in [0, 0.05) is 11.5 Å². The van der Waals surface area contributed by atoms with Crippen molar-refractivity contribution < 1.29 is 19.4 Å². The van der Waals surface area contributed by atoms with Crippen LogP contribution in [-0.2, 0) is 4.79 Å². The quantitative estimate of drug-likeness (QED) is 0.858. The number of carboxylic acids is 1. The molecule has 0 spiro atoms. The highest BCUT2D eigenvalue weighted by Gasteiger charge is 2.12. The van der Waals surface area contributed by atoms with Gasteiger partial charge < -0.3 is 15.2 Å². The molecule has 1 heterocycles. The second-order valence-corrected chi connectivity index (χ2v) is 3.80. The number of pyridine rings is 1. The van der Waals surface area contributed by atoms with Crippen molar-refractivity contribution in [2.45, 2.75) is 0 Å². The highest BCUT2D eigenvalue weighted by molar-refractivity contribution is 5.98. The maximum Gasteiger partial charge on any atom is 0.322 e. The zero-order chi connectivity index (χ0) is 13.8. The summed E-state index contributed by atoms with van der Waals surface area (Å²) >= 11 is 0. The van der Waals surface area contributed by atoms with Crippen molar-refractivity contribution in [2.75, 3.05) is 13.7 Å². The first-order valence-electron chi connectivity index (χ1n) is 5.55. The molecular weight excluding hydrogens is 248 g/mol. The Morgan fingerprint density at radius 2 is 2.11 bits per heavy atom. The second kappa shape index (κ2) is 5.34. The minimum atomic E-state index is -1.11. The number of para-hydroxylation sites is 1. The van der Waals surface area contributed by atoms with Crippen molar-refractivity contribution >= 4 is 22.8 Å². The first kappa shape index (κ1) is 12.8. The Morgan fingerprint density at radius 3 is 2.79 bits per heavy atom. The van der Waals surface area contributed by atoms with Gasteiger partial charge in [0.15, 0.2) is 0 Å². The van der Waals surface area contributed by atoms with E-state index in [1.807, 2.05) is 12.1 Å². The van der Waals surface area contributed by atoms with Crippen LogP contribution in [0.4, 0.5) is 0 Å². The van der Waals surface area contributed by atoms with E-state index in [-0.39, 0.29) is 5.69 Å². The average molecular weight is 260 g/mol. The molecule has 0 bridgehead atoms. The number of nitrogens with zero attached hydrogens (tertiary/aromatic N) is 1. The molecule has 0 aliphatic heterocycles. The molecule has 1 aromatic heterocycles. The Bertz CT molecular complexity index is 640. The summed E-state index contributed by atoms with van der Waals surface area (Å²) in [7, 11) is 1.50. The first-order chi connectivity index (χ1) is 9.11. The second-order valence-electron chi connectivity index (χ2n) is 3.80. The predicted octanol–water partition coefficient (Wildman–Crippen LogP) is 1.06. The Kier molecular flexibility index (Phi) is 3.61. The number of hydrogen-bond donors (Lipinski definition) is 2. The third kappa shape index (κ3) is 2.79. The average Bonchev–Trinajstić information content (AvgIpc) is 2.43. The molecule has 0 fully saturated rings. The lowest BCUT2D eigenvalue weighted by atomic mass is 10.2. The third-order valence-corrected chi connectivity index (χ3v) is 2.53. The summed E-state index contributed by atoms with van der Waals surface area (Å²) in [5.74, 6) is -1.14. The van der Waals surface area contributed by atoms with Crippen molar-refractivity contribution in [1.82, 2.24) is 10.3 Å². The van der Waals surface area contributed by atoms with Gasteiger partial charge in [0.2, 0.25) is 0 Å². The van der Waals surface area contributed by atoms with Crippen molar-refractivity contribution in [3.8, 4) is 5.75 Å². The number of rotatable bonds is 4. The van der Waals surface area contributed by atoms with Gasteiger partial charge in [0.1, 0.15) is 18.0 Å². The Balaban J connectivity index is 2.39. The molecule has 6 heteroatoms. The molecule has 0 radical (unpaired) electrons. The number of carbonyl (C=O) groups is 2. The number of hydrogen-bond acceptors (Lipinski definition) is 4. The SMILES string of the molecule is COc1cc(C(=O)NCC(=O)O)nc2ccccc12. The number of aromatic nitrogens is 1. The summed E-state index contributed by atoms with van der Waals surface area (Å²) in [6.45, 7) is -0.449. The molecule has 0 aliphatic carbocycles. The number of methoxy groups -OCH3 is 1. The van der Waals surface area contributed by atoms with Crippen LogP contribution in [0.5, 0.6) is 5.75 Å². The lowest BCUT2D eigenvalue weighted by Crippen LogP contribution is -2.29. The van der Waals surface area contributed by atoms with E-state index in [9.17, 15) is 9.59 Å². The van der Waals surface area contributed by atoms with E-state index >= 15 is 0 Å². The Labute approximate surface area is 109 Å². The number of ether oxygens (including phenoxy) is 1. The van der Waals surface area contributed by atoms with E-state index in [0.29, 0.717) is 11.3 Å². The number of aliphatic carboxylic acids is 1. The highest BCUT2D eigenvalue weighted by Crippen LogP contribution is 2.24. The third-order valence-electron chi connectivity index (χ3n) is 2.53. The minimum Gasteiger partial charge on any atom is -0.496 e. The number of carboxylic acid groups (broad SMARTS) is 1. The van der Waals surface area contributed by atoms with E-state index in [2.05, 4.69) is 10.3 Å². The molecule has 0 atom stereocenters. The zero-order valence-corrected chi connectivity index (χ0v) is 10.2. The molecular formula is C13H12N2O4. The van der Waals surface area contributed by atoms with Gasteiger partial charge in [-0.05, 0) is 12.1 Å². The van der Waals surface area contributed by atoms with Crippen LogP contribution in [-0.4, -0.2) is 35.6 Å². The van der Waals surface area contributed by atoms with Gasteiger partial charge in [-0.2, -0.15) is 0 Å². The molecule has 0 saturated heterocycles. The number of carbonyl (C=O) groups excluding carboxylic acids is 1. The van der Waals surface area contributed by atoms with Crippen LogP contribution >= 0.6 is 0 Å². The van der Waals surface area contributed by atoms with Crippen LogP contribution in [0.3, 0.4) is 0 Å². The van der Waals surface area contributed by atoms with E-state index in [4.69, 9.17) is 9.84 Å². The summed E-state index contributed by atoms with van der Waals surface area (Å²) in [5.41, 5.74) is 0.735. The standard InChI is InChI=1S/C13H12N2O4/c1-19-11-6-10(13(18)14-7-12(16)17)15-9-5-3-2-4-8(9)11/h2-6H,7H2,1H3,(H,14,18)(H,16,17). The molecule has 0 aliphatic rings. The zero-order valence-electron chi connectivity index (χ0n) is 10.2. The topological polar surface area (TPSA) is 88.5 Å². The van der Waals surface area contributed by atoms with Crippen LogP contribution in [0, 0.1) is 0 Å². The van der Waals surface area contributed by atoms with Gasteiger partial charge in [-0.15, -0.1) is 0 Å². The van der Waals surface area contributed by atoms with Crippen LogP contribution in [0.1, 0.15) is 10.5 Å². The van der Waals surface area contributed by atoms with Gasteiger partial charge in [-0.3, -0.25) is 9.59 Å². The lowest BCUT2D eigenvalue weighted by Gasteiger charge is -2.08. The summed E-state index contributed by atoms with van der Waals surface area (Å²) in [6, 6.07) is 8.72. The maximum absolute atomic E-state index is 11.8. The molecule has 2 rings (SSSR count). The molecule has 6 nitrogen and oxygen atoms in total. The number of amides is 1. The van der Waals surface area contributed by atoms with Gasteiger partial charge in [0.05, 0.1) is 12.6 Å². The summed E-state index contributed by atoms with van der Waals surface area (Å²) < 4.78 is 5.21. The van der Waals surface area contributed by atoms with E-state index in [0.717, 1.165) is 5.39 Å². The number of benzene rings is 1. The molecule has 19 heavy (non-hydrogen) atoms. The monoisotopic (exact) mass is 260 g/mol. The fraction of sp³-hybridized carbons (Fsp3) is 0.154. The van der Waals surface area contributed by atoms with Crippen LogP contribution < -0.4 is 10.1 Å². The predicted molar refractivity (Wildman–Crippen MR) is 68.3 cm³/mol. The Morgan fingerprint density at radius 1 is 1.37 bits per heavy atom. The largest absolute Gasteiger partial charge is 0.496 e. The van der Waals surface area contributed by atoms with Crippen molar-refractivity contribution in [1.29, 1.82) is 0 Å². The molecule has 98 valence electrons. The first-order valence-corrected chi connectivity index (χ1v) is 5.55. The molecule has 0 unspecified atom stereocenters. The molecule has 2 N–H and O–H groups in total. The lowest BCUT2D eigenvalue weighted by molar-refractivity contribution is -0.135. The molecule has 1 amide bonds. The van der Waals surface area contributed by atoms with Crippen LogP contribution in [0.25, 0.3) is 10.9 Å². The van der Waals surface area contributed by atoms with E-state index in [1.165, 1.54) is 13.2 Å². The molecule has 1 aromatic carbocycles. The molecule has 0 saturated carbocycles. The maximum atomic E-state index is 11.8. The molecule has 2 aromatic rings. The minimum absolute atomic E-state index is 0.122. The normalized spacial score (nSPS) is 10.2. The fourth-order valence-corrected chi connectivity index (χ4v) is 1.68. The summed E-state index contributed by atoms with van der Waals surface area (Å²) in [4.78, 5) is 26.4. The van der Waals surface area contributed by atoms with Crippen molar-refractivity contribution in [2.24, 2.45) is 0 Å². The van der Waals surface area contributed by atoms with Crippen molar-refractivity contribution in [3.63, 3.8) is 0 Å². The van der Waals surface area contributed by atoms with Crippen LogP contribution in [0.15, 0.2) is 30.3 Å². The fourth-order valence-electron chi connectivity index (χ4n) is 1.68.